The van der Waals surface area contributed by atoms with Crippen LogP contribution in [0, 0.1) is 5.92 Å². The predicted molar refractivity (Wildman–Crippen MR) is 63.3 cm³/mol. The summed E-state index contributed by atoms with van der Waals surface area (Å²) in [5, 5.41) is 0. The molecule has 1 amide bonds. The van der Waals surface area contributed by atoms with Gasteiger partial charge in [0.15, 0.2) is 0 Å². The van der Waals surface area contributed by atoms with Gasteiger partial charge in [0.2, 0.25) is 5.91 Å². The molecule has 0 radical (unpaired) electrons. The second-order valence-corrected chi connectivity index (χ2v) is 4.69. The van der Waals surface area contributed by atoms with Crippen molar-refractivity contribution >= 4 is 11.6 Å². The van der Waals surface area contributed by atoms with Gasteiger partial charge in [0.1, 0.15) is 0 Å². The topological polar surface area (TPSA) is 81.1 Å². The molecule has 0 aliphatic heterocycles. The van der Waals surface area contributed by atoms with Gasteiger partial charge in [-0.25, -0.2) is 5.84 Å². The molecule has 1 aromatic rings. The summed E-state index contributed by atoms with van der Waals surface area (Å²) in [6.07, 6.45) is 1.67. The van der Waals surface area contributed by atoms with E-state index in [1.165, 1.54) is 0 Å². The van der Waals surface area contributed by atoms with Crippen molar-refractivity contribution in [2.24, 2.45) is 11.8 Å². The number of hydrazine groups is 1. The monoisotopic (exact) mass is 219 g/mol. The van der Waals surface area contributed by atoms with Crippen molar-refractivity contribution in [1.82, 2.24) is 5.43 Å². The van der Waals surface area contributed by atoms with Crippen molar-refractivity contribution in [2.75, 3.05) is 5.73 Å². The number of nitrogen functional groups attached to an aromatic ring is 1. The van der Waals surface area contributed by atoms with Gasteiger partial charge in [-0.3, -0.25) is 10.2 Å². The van der Waals surface area contributed by atoms with E-state index in [2.05, 4.69) is 12.3 Å². The Bertz CT molecular complexity index is 410. The Morgan fingerprint density at radius 1 is 1.50 bits per heavy atom. The van der Waals surface area contributed by atoms with Crippen LogP contribution in [0.1, 0.15) is 25.3 Å². The Hall–Kier alpha value is -1.55. The van der Waals surface area contributed by atoms with E-state index >= 15 is 0 Å². The van der Waals surface area contributed by atoms with Crippen LogP contribution in [0.2, 0.25) is 0 Å². The fourth-order valence-electron chi connectivity index (χ4n) is 2.66. The first-order chi connectivity index (χ1) is 7.58. The van der Waals surface area contributed by atoms with E-state index in [1.807, 2.05) is 24.3 Å². The average Bonchev–Trinajstić information content (AvgIpc) is 2.23. The quantitative estimate of drug-likeness (QED) is 0.299. The summed E-state index contributed by atoms with van der Waals surface area (Å²) in [5.41, 5.74) is 9.19. The molecular formula is C12H17N3O. The number of rotatable bonds is 2. The van der Waals surface area contributed by atoms with Crippen LogP contribution in [0.3, 0.4) is 0 Å². The summed E-state index contributed by atoms with van der Waals surface area (Å²) in [5.74, 6) is 5.70. The van der Waals surface area contributed by atoms with E-state index in [0.29, 0.717) is 11.6 Å². The Morgan fingerprint density at radius 2 is 2.19 bits per heavy atom. The lowest BCUT2D eigenvalue weighted by molar-refractivity contribution is -0.131. The smallest absolute Gasteiger partial charge is 0.244 e. The van der Waals surface area contributed by atoms with Crippen molar-refractivity contribution in [3.8, 4) is 0 Å². The minimum Gasteiger partial charge on any atom is -0.399 e. The number of carbonyl (C=O) groups excluding carboxylic acids is 1. The van der Waals surface area contributed by atoms with Crippen LogP contribution in [-0.4, -0.2) is 5.91 Å². The normalized spacial score (nSPS) is 28.2. The molecule has 1 fully saturated rings. The van der Waals surface area contributed by atoms with Crippen molar-refractivity contribution in [2.45, 2.75) is 25.2 Å². The summed E-state index contributed by atoms with van der Waals surface area (Å²) >= 11 is 0. The summed E-state index contributed by atoms with van der Waals surface area (Å²) in [7, 11) is 0. The van der Waals surface area contributed by atoms with Gasteiger partial charge >= 0.3 is 0 Å². The SMILES string of the molecule is CC1CC(C(=O)NN)(c2cccc(N)c2)C1. The Kier molecular flexibility index (Phi) is 2.59. The molecule has 2 rings (SSSR count). The number of amides is 1. The molecule has 0 aromatic heterocycles. The molecular weight excluding hydrogens is 202 g/mol. The Labute approximate surface area is 95.0 Å². The maximum atomic E-state index is 11.9. The van der Waals surface area contributed by atoms with E-state index < -0.39 is 5.41 Å². The molecule has 5 N–H and O–H groups in total. The number of anilines is 1. The highest BCUT2D eigenvalue weighted by atomic mass is 16.2. The number of benzene rings is 1. The molecule has 0 heterocycles. The molecule has 86 valence electrons. The average molecular weight is 219 g/mol. The second kappa shape index (κ2) is 3.79. The van der Waals surface area contributed by atoms with Crippen LogP contribution in [0.5, 0.6) is 0 Å². The minimum absolute atomic E-state index is 0.115. The highest BCUT2D eigenvalue weighted by Gasteiger charge is 2.49. The molecule has 0 unspecified atom stereocenters. The summed E-state index contributed by atoms with van der Waals surface area (Å²) < 4.78 is 0. The van der Waals surface area contributed by atoms with E-state index in [9.17, 15) is 4.79 Å². The molecule has 4 nitrogen and oxygen atoms in total. The van der Waals surface area contributed by atoms with Crippen molar-refractivity contribution < 1.29 is 4.79 Å². The molecule has 1 aromatic carbocycles. The molecule has 1 saturated carbocycles. The van der Waals surface area contributed by atoms with Gasteiger partial charge in [-0.2, -0.15) is 0 Å². The van der Waals surface area contributed by atoms with Gasteiger partial charge in [-0.05, 0) is 36.5 Å². The highest BCUT2D eigenvalue weighted by Crippen LogP contribution is 2.47. The zero-order chi connectivity index (χ0) is 11.8. The second-order valence-electron chi connectivity index (χ2n) is 4.69. The molecule has 1 aliphatic rings. The van der Waals surface area contributed by atoms with Crippen LogP contribution >= 0.6 is 0 Å². The molecule has 0 spiro atoms. The largest absolute Gasteiger partial charge is 0.399 e. The summed E-state index contributed by atoms with van der Waals surface area (Å²) in [6.45, 7) is 2.13. The lowest BCUT2D eigenvalue weighted by atomic mass is 9.58. The van der Waals surface area contributed by atoms with E-state index in [0.717, 1.165) is 18.4 Å². The van der Waals surface area contributed by atoms with E-state index in [-0.39, 0.29) is 5.91 Å². The molecule has 4 heteroatoms. The fourth-order valence-corrected chi connectivity index (χ4v) is 2.66. The van der Waals surface area contributed by atoms with E-state index in [1.54, 1.807) is 0 Å². The molecule has 0 atom stereocenters. The summed E-state index contributed by atoms with van der Waals surface area (Å²) in [4.78, 5) is 11.9. The molecule has 16 heavy (non-hydrogen) atoms. The Morgan fingerprint density at radius 3 is 2.69 bits per heavy atom. The van der Waals surface area contributed by atoms with Gasteiger partial charge in [0.25, 0.3) is 0 Å². The zero-order valence-electron chi connectivity index (χ0n) is 9.36. The van der Waals surface area contributed by atoms with Gasteiger partial charge < -0.3 is 5.73 Å². The van der Waals surface area contributed by atoms with Crippen LogP contribution in [0.25, 0.3) is 0 Å². The zero-order valence-corrected chi connectivity index (χ0v) is 9.36. The van der Waals surface area contributed by atoms with Gasteiger partial charge in [-0.1, -0.05) is 19.1 Å². The third kappa shape index (κ3) is 1.55. The first-order valence-corrected chi connectivity index (χ1v) is 5.45. The van der Waals surface area contributed by atoms with Crippen LogP contribution < -0.4 is 17.0 Å². The number of hydrogen-bond donors (Lipinski definition) is 3. The number of hydrogen-bond acceptors (Lipinski definition) is 3. The summed E-state index contributed by atoms with van der Waals surface area (Å²) in [6, 6.07) is 7.50. The van der Waals surface area contributed by atoms with Crippen molar-refractivity contribution in [1.29, 1.82) is 0 Å². The van der Waals surface area contributed by atoms with Crippen LogP contribution in [0.4, 0.5) is 5.69 Å². The third-order valence-corrected chi connectivity index (χ3v) is 3.40. The lowest BCUT2D eigenvalue weighted by Gasteiger charge is -2.45. The van der Waals surface area contributed by atoms with Crippen LogP contribution in [0.15, 0.2) is 24.3 Å². The number of nitrogens with one attached hydrogen (secondary N) is 1. The first kappa shape index (κ1) is 11.0. The van der Waals surface area contributed by atoms with Crippen molar-refractivity contribution in [3.63, 3.8) is 0 Å². The fraction of sp³-hybridized carbons (Fsp3) is 0.417. The first-order valence-electron chi connectivity index (χ1n) is 5.45. The molecule has 0 bridgehead atoms. The molecule has 1 aliphatic carbocycles. The maximum absolute atomic E-state index is 11.9. The maximum Gasteiger partial charge on any atom is 0.244 e. The van der Waals surface area contributed by atoms with Gasteiger partial charge in [-0.15, -0.1) is 0 Å². The van der Waals surface area contributed by atoms with Gasteiger partial charge in [0.05, 0.1) is 5.41 Å². The molecule has 0 saturated heterocycles. The van der Waals surface area contributed by atoms with Gasteiger partial charge in [0, 0.05) is 5.69 Å². The van der Waals surface area contributed by atoms with Crippen LogP contribution in [-0.2, 0) is 10.2 Å². The minimum atomic E-state index is -0.469. The highest BCUT2D eigenvalue weighted by molar-refractivity contribution is 5.89. The van der Waals surface area contributed by atoms with Crippen molar-refractivity contribution in [3.05, 3.63) is 29.8 Å². The number of carbonyl (C=O) groups is 1. The van der Waals surface area contributed by atoms with E-state index in [4.69, 9.17) is 11.6 Å². The predicted octanol–water partition coefficient (Wildman–Crippen LogP) is 0.926. The lowest BCUT2D eigenvalue weighted by Crippen LogP contribution is -2.54. The Balaban J connectivity index is 2.37. The number of nitrogens with two attached hydrogens (primary N) is 2. The standard InChI is InChI=1S/C12H17N3O/c1-8-6-12(7-8,11(16)15-14)9-3-2-4-10(13)5-9/h2-5,8H,6-7,13-14H2,1H3,(H,15,16). The third-order valence-electron chi connectivity index (χ3n) is 3.40.